The summed E-state index contributed by atoms with van der Waals surface area (Å²) in [6.07, 6.45) is -5.79. The second-order valence-electron chi connectivity index (χ2n) is 3.05. The van der Waals surface area contributed by atoms with Crippen LogP contribution in [0, 0.1) is 0 Å². The fourth-order valence-electron chi connectivity index (χ4n) is 1.11. The van der Waals surface area contributed by atoms with E-state index in [1.165, 1.54) is 12.1 Å². The molecule has 17 heavy (non-hydrogen) atoms. The minimum Gasteiger partial charge on any atom is -0.406 e. The number of aliphatic hydroxyl groups is 1. The van der Waals surface area contributed by atoms with Gasteiger partial charge < -0.3 is 9.84 Å². The number of rotatable bonds is 4. The molecule has 1 aromatic carbocycles. The maximum Gasteiger partial charge on any atom is 0.573 e. The molecule has 0 aromatic heterocycles. The van der Waals surface area contributed by atoms with Crippen LogP contribution >= 0.6 is 0 Å². The van der Waals surface area contributed by atoms with Crippen LogP contribution in [0.25, 0.3) is 10.4 Å². The quantitative estimate of drug-likeness (QED) is 0.504. The summed E-state index contributed by atoms with van der Waals surface area (Å²) in [5, 5.41) is 12.6. The molecule has 0 saturated heterocycles. The Balaban J connectivity index is 2.70. The van der Waals surface area contributed by atoms with Gasteiger partial charge in [-0.25, -0.2) is 0 Å². The van der Waals surface area contributed by atoms with Gasteiger partial charge >= 0.3 is 6.36 Å². The van der Waals surface area contributed by atoms with Crippen molar-refractivity contribution in [3.63, 3.8) is 0 Å². The number of nitrogens with zero attached hydrogens (tertiary/aromatic N) is 3. The summed E-state index contributed by atoms with van der Waals surface area (Å²) in [7, 11) is 0. The minimum atomic E-state index is -4.74. The number of hydrogen-bond donors (Lipinski definition) is 1. The molecule has 0 aliphatic carbocycles. The summed E-state index contributed by atoms with van der Waals surface area (Å²) in [6, 6.07) is 4.67. The van der Waals surface area contributed by atoms with Crippen LogP contribution in [0.4, 0.5) is 13.2 Å². The number of hydrogen-bond acceptors (Lipinski definition) is 3. The summed E-state index contributed by atoms with van der Waals surface area (Å²) < 4.78 is 39.2. The second-order valence-corrected chi connectivity index (χ2v) is 3.05. The first kappa shape index (κ1) is 13.1. The van der Waals surface area contributed by atoms with Gasteiger partial charge in [-0.3, -0.25) is 0 Å². The van der Waals surface area contributed by atoms with E-state index in [1.807, 2.05) is 0 Å². The third-order valence-electron chi connectivity index (χ3n) is 1.82. The van der Waals surface area contributed by atoms with Gasteiger partial charge in [0.25, 0.3) is 0 Å². The molecule has 0 heterocycles. The molecule has 8 heteroatoms. The van der Waals surface area contributed by atoms with Crippen LogP contribution in [0.1, 0.15) is 11.7 Å². The third kappa shape index (κ3) is 4.62. The molecule has 0 fully saturated rings. The van der Waals surface area contributed by atoms with Gasteiger partial charge in [0.05, 0.1) is 12.6 Å². The van der Waals surface area contributed by atoms with Gasteiger partial charge in [0.2, 0.25) is 0 Å². The molecule has 0 aliphatic heterocycles. The van der Waals surface area contributed by atoms with E-state index in [4.69, 9.17) is 5.53 Å². The van der Waals surface area contributed by atoms with E-state index < -0.39 is 12.5 Å². The summed E-state index contributed by atoms with van der Waals surface area (Å²) in [6.45, 7) is -0.185. The van der Waals surface area contributed by atoms with Crippen molar-refractivity contribution in [1.29, 1.82) is 0 Å². The van der Waals surface area contributed by atoms with Gasteiger partial charge in [0, 0.05) is 4.91 Å². The van der Waals surface area contributed by atoms with E-state index in [1.54, 1.807) is 0 Å². The molecule has 0 saturated carbocycles. The predicted octanol–water partition coefficient (Wildman–Crippen LogP) is 2.93. The third-order valence-corrected chi connectivity index (χ3v) is 1.82. The van der Waals surface area contributed by atoms with Crippen molar-refractivity contribution in [2.24, 2.45) is 5.11 Å². The Morgan fingerprint density at radius 1 is 1.35 bits per heavy atom. The number of alkyl halides is 3. The van der Waals surface area contributed by atoms with Crippen LogP contribution in [-0.2, 0) is 0 Å². The summed E-state index contributed by atoms with van der Waals surface area (Å²) in [5.74, 6) is -0.378. The summed E-state index contributed by atoms with van der Waals surface area (Å²) >= 11 is 0. The summed E-state index contributed by atoms with van der Waals surface area (Å²) in [5.41, 5.74) is 8.38. The van der Waals surface area contributed by atoms with Crippen molar-refractivity contribution in [3.8, 4) is 5.75 Å². The molecule has 0 unspecified atom stereocenters. The molecular formula is C9H8F3N3O2. The molecule has 1 aromatic rings. The second kappa shape index (κ2) is 5.42. The number of halogens is 3. The molecule has 0 amide bonds. The Bertz CT molecular complexity index is 412. The van der Waals surface area contributed by atoms with Crippen molar-refractivity contribution in [1.82, 2.24) is 0 Å². The lowest BCUT2D eigenvalue weighted by Crippen LogP contribution is -2.17. The predicted molar refractivity (Wildman–Crippen MR) is 52.1 cm³/mol. The van der Waals surface area contributed by atoms with Gasteiger partial charge in [-0.2, -0.15) is 0 Å². The largest absolute Gasteiger partial charge is 0.573 e. The van der Waals surface area contributed by atoms with Crippen LogP contribution in [0.2, 0.25) is 0 Å². The zero-order chi connectivity index (χ0) is 12.9. The maximum absolute atomic E-state index is 11.8. The summed E-state index contributed by atoms with van der Waals surface area (Å²) in [4.78, 5) is 2.46. The monoisotopic (exact) mass is 247 g/mol. The minimum absolute atomic E-state index is 0.185. The van der Waals surface area contributed by atoms with E-state index in [0.29, 0.717) is 5.56 Å². The number of azide groups is 1. The topological polar surface area (TPSA) is 78.2 Å². The highest BCUT2D eigenvalue weighted by Gasteiger charge is 2.30. The van der Waals surface area contributed by atoms with E-state index >= 15 is 0 Å². The number of ether oxygens (including phenoxy) is 1. The Labute approximate surface area is 94.1 Å². The van der Waals surface area contributed by atoms with Crippen LogP contribution < -0.4 is 4.74 Å². The average molecular weight is 247 g/mol. The lowest BCUT2D eigenvalue weighted by Gasteiger charge is -2.11. The van der Waals surface area contributed by atoms with Crippen molar-refractivity contribution in [2.45, 2.75) is 12.5 Å². The molecule has 0 aliphatic rings. The lowest BCUT2D eigenvalue weighted by atomic mass is 10.1. The van der Waals surface area contributed by atoms with Crippen LogP contribution in [-0.4, -0.2) is 18.0 Å². The van der Waals surface area contributed by atoms with E-state index in [0.717, 1.165) is 12.1 Å². The van der Waals surface area contributed by atoms with Gasteiger partial charge in [-0.05, 0) is 23.2 Å². The van der Waals surface area contributed by atoms with Crippen molar-refractivity contribution in [2.75, 3.05) is 6.54 Å². The highest BCUT2D eigenvalue weighted by molar-refractivity contribution is 5.28. The maximum atomic E-state index is 11.8. The van der Waals surface area contributed by atoms with Crippen LogP contribution in [0.5, 0.6) is 5.75 Å². The zero-order valence-corrected chi connectivity index (χ0v) is 8.42. The average Bonchev–Trinajstić information content (AvgIpc) is 2.24. The van der Waals surface area contributed by atoms with Gasteiger partial charge in [-0.15, -0.1) is 13.2 Å². The smallest absolute Gasteiger partial charge is 0.406 e. The van der Waals surface area contributed by atoms with E-state index in [2.05, 4.69) is 14.8 Å². The van der Waals surface area contributed by atoms with Crippen molar-refractivity contribution < 1.29 is 23.0 Å². The van der Waals surface area contributed by atoms with Crippen LogP contribution in [0.15, 0.2) is 29.4 Å². The molecule has 0 radical (unpaired) electrons. The Kier molecular flexibility index (Phi) is 4.19. The standard InChI is InChI=1S/C9H8F3N3O2/c10-9(11,12)17-7-3-1-6(2-4-7)8(16)5-14-15-13/h1-4,8,16H,5H2/t8-/m1/s1. The SMILES string of the molecule is [N-]=[N+]=NC[C@@H](O)c1ccc(OC(F)(F)F)cc1. The first-order valence-electron chi connectivity index (χ1n) is 4.47. The first-order chi connectivity index (χ1) is 7.92. The number of benzene rings is 1. The Morgan fingerprint density at radius 3 is 2.41 bits per heavy atom. The fraction of sp³-hybridized carbons (Fsp3) is 0.333. The van der Waals surface area contributed by atoms with Gasteiger partial charge in [-0.1, -0.05) is 17.2 Å². The first-order valence-corrected chi connectivity index (χ1v) is 4.47. The lowest BCUT2D eigenvalue weighted by molar-refractivity contribution is -0.274. The molecular weight excluding hydrogens is 239 g/mol. The van der Waals surface area contributed by atoms with E-state index in [-0.39, 0.29) is 12.3 Å². The van der Waals surface area contributed by atoms with Gasteiger partial charge in [0.15, 0.2) is 0 Å². The molecule has 5 nitrogen and oxygen atoms in total. The number of aliphatic hydroxyl groups excluding tert-OH is 1. The highest BCUT2D eigenvalue weighted by Crippen LogP contribution is 2.24. The highest BCUT2D eigenvalue weighted by atomic mass is 19.4. The zero-order valence-electron chi connectivity index (χ0n) is 8.42. The van der Waals surface area contributed by atoms with E-state index in [9.17, 15) is 18.3 Å². The fourth-order valence-corrected chi connectivity index (χ4v) is 1.11. The van der Waals surface area contributed by atoms with Crippen molar-refractivity contribution in [3.05, 3.63) is 40.3 Å². The normalized spacial score (nSPS) is 12.7. The van der Waals surface area contributed by atoms with Crippen LogP contribution in [0.3, 0.4) is 0 Å². The molecule has 1 rings (SSSR count). The molecule has 92 valence electrons. The Hall–Kier alpha value is -1.92. The molecule has 1 atom stereocenters. The Morgan fingerprint density at radius 2 is 1.94 bits per heavy atom. The van der Waals surface area contributed by atoms with Crippen molar-refractivity contribution >= 4 is 0 Å². The molecule has 1 N–H and O–H groups in total. The molecule has 0 bridgehead atoms. The van der Waals surface area contributed by atoms with Gasteiger partial charge in [0.1, 0.15) is 5.75 Å². The molecule has 0 spiro atoms.